The minimum atomic E-state index is -0.405. The highest BCUT2D eigenvalue weighted by atomic mass is 16.2. The molecule has 1 aliphatic heterocycles. The lowest BCUT2D eigenvalue weighted by molar-refractivity contribution is -0.125. The molecule has 26 heavy (non-hydrogen) atoms. The highest BCUT2D eigenvalue weighted by molar-refractivity contribution is 6.05. The molecule has 0 spiro atoms. The summed E-state index contributed by atoms with van der Waals surface area (Å²) in [7, 11) is 0. The normalized spacial score (nSPS) is 13.5. The standard InChI is InChI=1S/C22H26N2O2/c1-14-6-7-17(12-15(14)2)20(25)23-18-8-9-19-16(13-18)10-11-24(19)21(26)22(3,4)5/h6-9,12-13H,10-11H2,1-5H3,(H,23,25). The van der Waals surface area contributed by atoms with E-state index in [0.717, 1.165) is 28.9 Å². The fraction of sp³-hybridized carbons (Fsp3) is 0.364. The number of hydrogen-bond acceptors (Lipinski definition) is 2. The molecule has 0 radical (unpaired) electrons. The monoisotopic (exact) mass is 350 g/mol. The molecule has 0 saturated heterocycles. The van der Waals surface area contributed by atoms with E-state index in [1.165, 1.54) is 5.56 Å². The molecule has 4 nitrogen and oxygen atoms in total. The Morgan fingerprint density at radius 3 is 2.38 bits per heavy atom. The summed E-state index contributed by atoms with van der Waals surface area (Å²) in [4.78, 5) is 27.0. The van der Waals surface area contributed by atoms with Crippen molar-refractivity contribution in [3.63, 3.8) is 0 Å². The Morgan fingerprint density at radius 1 is 1.00 bits per heavy atom. The fourth-order valence-corrected chi connectivity index (χ4v) is 3.18. The molecule has 2 aromatic carbocycles. The van der Waals surface area contributed by atoms with Gasteiger partial charge in [-0.2, -0.15) is 0 Å². The lowest BCUT2D eigenvalue weighted by atomic mass is 9.94. The zero-order valence-corrected chi connectivity index (χ0v) is 16.1. The van der Waals surface area contributed by atoms with Crippen LogP contribution in [0.1, 0.15) is 47.8 Å². The molecule has 0 fully saturated rings. The van der Waals surface area contributed by atoms with Crippen molar-refractivity contribution in [1.82, 2.24) is 0 Å². The highest BCUT2D eigenvalue weighted by Gasteiger charge is 2.32. The van der Waals surface area contributed by atoms with Gasteiger partial charge in [-0.1, -0.05) is 26.8 Å². The van der Waals surface area contributed by atoms with Crippen LogP contribution < -0.4 is 10.2 Å². The summed E-state index contributed by atoms with van der Waals surface area (Å²) in [6.07, 6.45) is 0.810. The number of nitrogens with zero attached hydrogens (tertiary/aromatic N) is 1. The van der Waals surface area contributed by atoms with Gasteiger partial charge in [0.25, 0.3) is 5.91 Å². The van der Waals surface area contributed by atoms with Gasteiger partial charge in [0.2, 0.25) is 5.91 Å². The number of hydrogen-bond donors (Lipinski definition) is 1. The summed E-state index contributed by atoms with van der Waals surface area (Å²) in [6, 6.07) is 11.5. The molecule has 3 rings (SSSR count). The van der Waals surface area contributed by atoms with Gasteiger partial charge in [0.05, 0.1) is 0 Å². The number of anilines is 2. The number of fused-ring (bicyclic) bond motifs is 1. The average Bonchev–Trinajstić information content (AvgIpc) is 2.98. The van der Waals surface area contributed by atoms with Crippen LogP contribution in [0, 0.1) is 19.3 Å². The molecule has 0 atom stereocenters. The Bertz CT molecular complexity index is 878. The van der Waals surface area contributed by atoms with E-state index < -0.39 is 5.41 Å². The van der Waals surface area contributed by atoms with Gasteiger partial charge in [0.1, 0.15) is 0 Å². The molecule has 1 aliphatic rings. The average molecular weight is 350 g/mol. The number of nitrogens with one attached hydrogen (secondary N) is 1. The zero-order valence-electron chi connectivity index (χ0n) is 16.1. The van der Waals surface area contributed by atoms with E-state index in [0.29, 0.717) is 12.1 Å². The maximum atomic E-state index is 12.6. The van der Waals surface area contributed by atoms with E-state index in [1.807, 2.05) is 75.9 Å². The summed E-state index contributed by atoms with van der Waals surface area (Å²) >= 11 is 0. The topological polar surface area (TPSA) is 49.4 Å². The van der Waals surface area contributed by atoms with Crippen LogP contribution in [0.2, 0.25) is 0 Å². The largest absolute Gasteiger partial charge is 0.322 e. The lowest BCUT2D eigenvalue weighted by Gasteiger charge is -2.26. The van der Waals surface area contributed by atoms with Gasteiger partial charge >= 0.3 is 0 Å². The summed E-state index contributed by atoms with van der Waals surface area (Å²) in [6.45, 7) is 10.5. The fourth-order valence-electron chi connectivity index (χ4n) is 3.18. The minimum Gasteiger partial charge on any atom is -0.322 e. The van der Waals surface area contributed by atoms with Gasteiger partial charge in [0.15, 0.2) is 0 Å². The van der Waals surface area contributed by atoms with E-state index in [-0.39, 0.29) is 11.8 Å². The van der Waals surface area contributed by atoms with Crippen molar-refractivity contribution < 1.29 is 9.59 Å². The molecule has 0 aliphatic carbocycles. The minimum absolute atomic E-state index is 0.117. The third-order valence-corrected chi connectivity index (χ3v) is 4.89. The third-order valence-electron chi connectivity index (χ3n) is 4.89. The predicted molar refractivity (Wildman–Crippen MR) is 106 cm³/mol. The van der Waals surface area contributed by atoms with Crippen LogP contribution in [0.5, 0.6) is 0 Å². The van der Waals surface area contributed by atoms with Crippen LogP contribution in [0.4, 0.5) is 11.4 Å². The Morgan fingerprint density at radius 2 is 1.73 bits per heavy atom. The Labute approximate surface area is 155 Å². The first kappa shape index (κ1) is 18.2. The van der Waals surface area contributed by atoms with Crippen LogP contribution in [0.3, 0.4) is 0 Å². The van der Waals surface area contributed by atoms with Gasteiger partial charge in [-0.05, 0) is 67.3 Å². The number of carbonyl (C=O) groups excluding carboxylic acids is 2. The van der Waals surface area contributed by atoms with Crippen LogP contribution >= 0.6 is 0 Å². The number of amides is 2. The van der Waals surface area contributed by atoms with E-state index >= 15 is 0 Å². The zero-order chi connectivity index (χ0) is 19.1. The molecule has 2 amide bonds. The third kappa shape index (κ3) is 3.50. The second-order valence-electron chi connectivity index (χ2n) is 8.05. The highest BCUT2D eigenvalue weighted by Crippen LogP contribution is 2.33. The van der Waals surface area contributed by atoms with Crippen LogP contribution in [-0.2, 0) is 11.2 Å². The van der Waals surface area contributed by atoms with Crippen molar-refractivity contribution in [2.75, 3.05) is 16.8 Å². The van der Waals surface area contributed by atoms with Crippen molar-refractivity contribution in [1.29, 1.82) is 0 Å². The molecular formula is C22H26N2O2. The molecule has 1 heterocycles. The molecule has 1 N–H and O–H groups in total. The first-order valence-electron chi connectivity index (χ1n) is 9.00. The van der Waals surface area contributed by atoms with Crippen molar-refractivity contribution in [2.24, 2.45) is 5.41 Å². The Kier molecular flexibility index (Phi) is 4.61. The summed E-state index contributed by atoms with van der Waals surface area (Å²) in [5.41, 5.74) is 5.33. The summed E-state index contributed by atoms with van der Waals surface area (Å²) < 4.78 is 0. The second-order valence-corrected chi connectivity index (χ2v) is 8.05. The summed E-state index contributed by atoms with van der Waals surface area (Å²) in [5, 5.41) is 2.97. The molecule has 136 valence electrons. The van der Waals surface area contributed by atoms with Gasteiger partial charge in [0, 0.05) is 28.9 Å². The SMILES string of the molecule is Cc1ccc(C(=O)Nc2ccc3c(c2)CCN3C(=O)C(C)(C)C)cc1C. The van der Waals surface area contributed by atoms with E-state index in [9.17, 15) is 9.59 Å². The molecule has 0 aromatic heterocycles. The smallest absolute Gasteiger partial charge is 0.255 e. The quantitative estimate of drug-likeness (QED) is 0.867. The first-order valence-corrected chi connectivity index (χ1v) is 9.00. The van der Waals surface area contributed by atoms with Gasteiger partial charge in [-0.25, -0.2) is 0 Å². The first-order chi connectivity index (χ1) is 12.2. The maximum Gasteiger partial charge on any atom is 0.255 e. The number of aryl methyl sites for hydroxylation is 2. The molecule has 0 bridgehead atoms. The Balaban J connectivity index is 1.79. The van der Waals surface area contributed by atoms with E-state index in [2.05, 4.69) is 5.32 Å². The second kappa shape index (κ2) is 6.60. The lowest BCUT2D eigenvalue weighted by Crippen LogP contribution is -2.38. The summed E-state index contributed by atoms with van der Waals surface area (Å²) in [5.74, 6) is 0.0110. The van der Waals surface area contributed by atoms with Crippen LogP contribution in [0.15, 0.2) is 36.4 Å². The number of carbonyl (C=O) groups is 2. The van der Waals surface area contributed by atoms with Crippen LogP contribution in [-0.4, -0.2) is 18.4 Å². The predicted octanol–water partition coefficient (Wildman–Crippen LogP) is 4.49. The molecular weight excluding hydrogens is 324 g/mol. The maximum absolute atomic E-state index is 12.6. The van der Waals surface area contributed by atoms with Gasteiger partial charge in [-0.15, -0.1) is 0 Å². The molecule has 4 heteroatoms. The van der Waals surface area contributed by atoms with E-state index in [1.54, 1.807) is 0 Å². The van der Waals surface area contributed by atoms with Crippen LogP contribution in [0.25, 0.3) is 0 Å². The Hall–Kier alpha value is -2.62. The van der Waals surface area contributed by atoms with Gasteiger partial charge < -0.3 is 10.2 Å². The van der Waals surface area contributed by atoms with Crippen molar-refractivity contribution >= 4 is 23.2 Å². The van der Waals surface area contributed by atoms with E-state index in [4.69, 9.17) is 0 Å². The molecule has 2 aromatic rings. The van der Waals surface area contributed by atoms with Crippen molar-refractivity contribution in [3.8, 4) is 0 Å². The van der Waals surface area contributed by atoms with Crippen molar-refractivity contribution in [2.45, 2.75) is 41.0 Å². The number of benzene rings is 2. The molecule has 0 unspecified atom stereocenters. The molecule has 0 saturated carbocycles. The number of rotatable bonds is 2. The van der Waals surface area contributed by atoms with Gasteiger partial charge in [-0.3, -0.25) is 9.59 Å². The van der Waals surface area contributed by atoms with Crippen molar-refractivity contribution in [3.05, 3.63) is 58.7 Å².